The summed E-state index contributed by atoms with van der Waals surface area (Å²) in [5.74, 6) is 1.49. The SMILES string of the molecule is CCS(=O)CCNC(C)c1ccccc1C. The van der Waals surface area contributed by atoms with Crippen molar-refractivity contribution in [1.29, 1.82) is 0 Å². The van der Waals surface area contributed by atoms with Crippen molar-refractivity contribution in [2.45, 2.75) is 26.8 Å². The number of benzene rings is 1. The summed E-state index contributed by atoms with van der Waals surface area (Å²) in [7, 11) is -0.668. The maximum Gasteiger partial charge on any atom is 0.0360 e. The van der Waals surface area contributed by atoms with Crippen LogP contribution in [0.15, 0.2) is 24.3 Å². The Bertz CT molecular complexity index is 352. The molecule has 0 saturated heterocycles. The van der Waals surface area contributed by atoms with Gasteiger partial charge in [0.25, 0.3) is 0 Å². The molecule has 0 aliphatic rings. The molecule has 0 bridgehead atoms. The van der Waals surface area contributed by atoms with Crippen LogP contribution < -0.4 is 5.32 Å². The van der Waals surface area contributed by atoms with Gasteiger partial charge in [0.1, 0.15) is 0 Å². The van der Waals surface area contributed by atoms with Gasteiger partial charge in [0, 0.05) is 34.9 Å². The molecule has 2 unspecified atom stereocenters. The van der Waals surface area contributed by atoms with Crippen molar-refractivity contribution in [1.82, 2.24) is 5.32 Å². The van der Waals surface area contributed by atoms with Gasteiger partial charge in [0.15, 0.2) is 0 Å². The minimum Gasteiger partial charge on any atom is -0.309 e. The van der Waals surface area contributed by atoms with Gasteiger partial charge in [-0.1, -0.05) is 31.2 Å². The monoisotopic (exact) mass is 239 g/mol. The summed E-state index contributed by atoms with van der Waals surface area (Å²) >= 11 is 0. The van der Waals surface area contributed by atoms with E-state index in [0.717, 1.165) is 18.1 Å². The van der Waals surface area contributed by atoms with E-state index in [0.29, 0.717) is 6.04 Å². The Kier molecular flexibility index (Phi) is 5.71. The highest BCUT2D eigenvalue weighted by Crippen LogP contribution is 2.16. The molecule has 1 aromatic rings. The van der Waals surface area contributed by atoms with Gasteiger partial charge in [0.05, 0.1) is 0 Å². The van der Waals surface area contributed by atoms with Gasteiger partial charge >= 0.3 is 0 Å². The molecule has 2 nitrogen and oxygen atoms in total. The zero-order valence-corrected chi connectivity index (χ0v) is 11.1. The fraction of sp³-hybridized carbons (Fsp3) is 0.538. The van der Waals surface area contributed by atoms with Crippen LogP contribution in [-0.2, 0) is 10.8 Å². The maximum absolute atomic E-state index is 11.3. The maximum atomic E-state index is 11.3. The third kappa shape index (κ3) is 4.06. The van der Waals surface area contributed by atoms with Crippen LogP contribution in [0.25, 0.3) is 0 Å². The van der Waals surface area contributed by atoms with Gasteiger partial charge in [0.2, 0.25) is 0 Å². The van der Waals surface area contributed by atoms with Crippen molar-refractivity contribution in [2.24, 2.45) is 0 Å². The number of rotatable bonds is 6. The van der Waals surface area contributed by atoms with Gasteiger partial charge < -0.3 is 5.32 Å². The number of nitrogens with one attached hydrogen (secondary N) is 1. The first kappa shape index (κ1) is 13.4. The Balaban J connectivity index is 2.44. The number of hydrogen-bond donors (Lipinski definition) is 1. The Morgan fingerprint density at radius 1 is 1.38 bits per heavy atom. The van der Waals surface area contributed by atoms with Crippen molar-refractivity contribution >= 4 is 10.8 Å². The van der Waals surface area contributed by atoms with Crippen LogP contribution in [-0.4, -0.2) is 22.3 Å². The fourth-order valence-electron chi connectivity index (χ4n) is 1.72. The topological polar surface area (TPSA) is 29.1 Å². The molecule has 0 heterocycles. The predicted octanol–water partition coefficient (Wildman–Crippen LogP) is 2.41. The average molecular weight is 239 g/mol. The second kappa shape index (κ2) is 6.81. The third-order valence-corrected chi connectivity index (χ3v) is 4.06. The van der Waals surface area contributed by atoms with Crippen molar-refractivity contribution in [3.8, 4) is 0 Å². The smallest absolute Gasteiger partial charge is 0.0360 e. The van der Waals surface area contributed by atoms with E-state index in [1.807, 2.05) is 6.92 Å². The van der Waals surface area contributed by atoms with E-state index in [1.165, 1.54) is 11.1 Å². The summed E-state index contributed by atoms with van der Waals surface area (Å²) in [6.07, 6.45) is 0. The zero-order valence-electron chi connectivity index (χ0n) is 10.3. The van der Waals surface area contributed by atoms with E-state index < -0.39 is 10.8 Å². The minimum atomic E-state index is -0.668. The molecule has 0 aliphatic carbocycles. The molecule has 0 amide bonds. The van der Waals surface area contributed by atoms with E-state index in [4.69, 9.17) is 0 Å². The van der Waals surface area contributed by atoms with Gasteiger partial charge in [-0.25, -0.2) is 0 Å². The van der Waals surface area contributed by atoms with Gasteiger partial charge in [-0.05, 0) is 25.0 Å². The molecule has 1 rings (SSSR count). The number of hydrogen-bond acceptors (Lipinski definition) is 2. The highest BCUT2D eigenvalue weighted by molar-refractivity contribution is 7.84. The summed E-state index contributed by atoms with van der Waals surface area (Å²) in [5, 5.41) is 3.41. The Hall–Kier alpha value is -0.670. The first-order chi connectivity index (χ1) is 7.65. The van der Waals surface area contributed by atoms with E-state index in [1.54, 1.807) is 0 Å². The summed E-state index contributed by atoms with van der Waals surface area (Å²) in [4.78, 5) is 0. The molecule has 0 saturated carbocycles. The second-order valence-corrected chi connectivity index (χ2v) is 5.83. The first-order valence-electron chi connectivity index (χ1n) is 5.79. The summed E-state index contributed by atoms with van der Waals surface area (Å²) in [6.45, 7) is 7.05. The van der Waals surface area contributed by atoms with E-state index in [-0.39, 0.29) is 0 Å². The standard InChI is InChI=1S/C13H21NOS/c1-4-16(15)10-9-14-12(3)13-8-6-5-7-11(13)2/h5-8,12,14H,4,9-10H2,1-3H3. The van der Waals surface area contributed by atoms with Crippen molar-refractivity contribution in [3.05, 3.63) is 35.4 Å². The lowest BCUT2D eigenvalue weighted by atomic mass is 10.0. The molecular formula is C13H21NOS. The van der Waals surface area contributed by atoms with Gasteiger partial charge in [-0.2, -0.15) is 0 Å². The third-order valence-electron chi connectivity index (χ3n) is 2.76. The van der Waals surface area contributed by atoms with Crippen molar-refractivity contribution in [3.63, 3.8) is 0 Å². The predicted molar refractivity (Wildman–Crippen MR) is 71.1 cm³/mol. The highest BCUT2D eigenvalue weighted by Gasteiger charge is 2.06. The molecule has 0 fully saturated rings. The first-order valence-corrected chi connectivity index (χ1v) is 7.27. The van der Waals surface area contributed by atoms with Crippen molar-refractivity contribution in [2.75, 3.05) is 18.1 Å². The van der Waals surface area contributed by atoms with E-state index in [9.17, 15) is 4.21 Å². The zero-order chi connectivity index (χ0) is 12.0. The molecule has 1 aromatic carbocycles. The Labute approximate surface area is 101 Å². The lowest BCUT2D eigenvalue weighted by Gasteiger charge is -2.16. The summed E-state index contributed by atoms with van der Waals surface area (Å²) in [6, 6.07) is 8.71. The van der Waals surface area contributed by atoms with Crippen molar-refractivity contribution < 1.29 is 4.21 Å². The largest absolute Gasteiger partial charge is 0.309 e. The molecule has 0 aliphatic heterocycles. The molecule has 16 heavy (non-hydrogen) atoms. The summed E-state index contributed by atoms with van der Waals surface area (Å²) in [5.41, 5.74) is 2.63. The molecule has 0 spiro atoms. The average Bonchev–Trinajstić information content (AvgIpc) is 2.29. The van der Waals surface area contributed by atoms with Crippen LogP contribution in [0.3, 0.4) is 0 Å². The second-order valence-electron chi connectivity index (χ2n) is 3.97. The van der Waals surface area contributed by atoms with Crippen LogP contribution in [0.5, 0.6) is 0 Å². The number of aryl methyl sites for hydroxylation is 1. The quantitative estimate of drug-likeness (QED) is 0.826. The molecular weight excluding hydrogens is 218 g/mol. The molecule has 2 atom stereocenters. The molecule has 90 valence electrons. The minimum absolute atomic E-state index is 0.329. The van der Waals surface area contributed by atoms with Crippen LogP contribution >= 0.6 is 0 Å². The lowest BCUT2D eigenvalue weighted by molar-refractivity contribution is 0.594. The van der Waals surface area contributed by atoms with Crippen LogP contribution in [0, 0.1) is 6.92 Å². The summed E-state index contributed by atoms with van der Waals surface area (Å²) < 4.78 is 11.3. The Morgan fingerprint density at radius 3 is 2.69 bits per heavy atom. The lowest BCUT2D eigenvalue weighted by Crippen LogP contribution is -2.24. The highest BCUT2D eigenvalue weighted by atomic mass is 32.2. The normalized spacial score (nSPS) is 14.7. The Morgan fingerprint density at radius 2 is 2.06 bits per heavy atom. The van der Waals surface area contributed by atoms with E-state index in [2.05, 4.69) is 43.4 Å². The van der Waals surface area contributed by atoms with E-state index >= 15 is 0 Å². The fourth-order valence-corrected chi connectivity index (χ4v) is 2.35. The van der Waals surface area contributed by atoms with Crippen LogP contribution in [0.1, 0.15) is 31.0 Å². The molecule has 1 N–H and O–H groups in total. The van der Waals surface area contributed by atoms with Crippen LogP contribution in [0.2, 0.25) is 0 Å². The molecule has 3 heteroatoms. The van der Waals surface area contributed by atoms with Gasteiger partial charge in [-0.3, -0.25) is 4.21 Å². The molecule has 0 radical (unpaired) electrons. The van der Waals surface area contributed by atoms with Gasteiger partial charge in [-0.15, -0.1) is 0 Å². The molecule has 0 aromatic heterocycles. The van der Waals surface area contributed by atoms with Crippen LogP contribution in [0.4, 0.5) is 0 Å².